The van der Waals surface area contributed by atoms with E-state index in [-0.39, 0.29) is 5.91 Å². The summed E-state index contributed by atoms with van der Waals surface area (Å²) in [6, 6.07) is 18.8. The van der Waals surface area contributed by atoms with Crippen LogP contribution in [0, 0.1) is 0 Å². The van der Waals surface area contributed by atoms with Crippen molar-refractivity contribution in [2.75, 3.05) is 5.32 Å². The average Bonchev–Trinajstić information content (AvgIpc) is 3.41. The van der Waals surface area contributed by atoms with Crippen molar-refractivity contribution in [2.24, 2.45) is 0 Å². The Morgan fingerprint density at radius 2 is 1.72 bits per heavy atom. The van der Waals surface area contributed by atoms with Gasteiger partial charge in [0, 0.05) is 11.5 Å². The number of nitrogens with one attached hydrogen (secondary N) is 1. The molecule has 0 saturated heterocycles. The highest BCUT2D eigenvalue weighted by molar-refractivity contribution is 7.15. The number of benzene rings is 2. The predicted octanol–water partition coefficient (Wildman–Crippen LogP) is 4.17. The number of para-hydroxylation sites is 1. The lowest BCUT2D eigenvalue weighted by Gasteiger charge is -2.18. The lowest BCUT2D eigenvalue weighted by molar-refractivity contribution is -0.123. The lowest BCUT2D eigenvalue weighted by atomic mass is 10.1. The number of rotatable bonds is 6. The summed E-state index contributed by atoms with van der Waals surface area (Å²) >= 11 is 1.44. The molecule has 3 aromatic rings. The van der Waals surface area contributed by atoms with Crippen LogP contribution in [0.1, 0.15) is 35.4 Å². The van der Waals surface area contributed by atoms with Crippen LogP contribution in [-0.2, 0) is 4.79 Å². The molecule has 0 unspecified atom stereocenters. The van der Waals surface area contributed by atoms with Crippen LogP contribution >= 0.6 is 11.3 Å². The van der Waals surface area contributed by atoms with Gasteiger partial charge in [0.15, 0.2) is 0 Å². The number of carbonyl (C=O) groups is 1. The summed E-state index contributed by atoms with van der Waals surface area (Å²) in [5.41, 5.74) is 0.788. The summed E-state index contributed by atoms with van der Waals surface area (Å²) in [5.74, 6) is 0.907. The van der Waals surface area contributed by atoms with Crippen LogP contribution in [0.5, 0.6) is 5.75 Å². The second-order valence-corrected chi connectivity index (χ2v) is 6.94. The van der Waals surface area contributed by atoms with Gasteiger partial charge in [-0.05, 0) is 25.0 Å². The first kappa shape index (κ1) is 15.8. The minimum Gasteiger partial charge on any atom is -0.476 e. The molecule has 4 rings (SSSR count). The van der Waals surface area contributed by atoms with E-state index in [1.54, 1.807) is 0 Å². The van der Waals surface area contributed by atoms with Crippen LogP contribution in [0.2, 0.25) is 0 Å². The molecule has 0 spiro atoms. The van der Waals surface area contributed by atoms with Crippen molar-refractivity contribution in [1.29, 1.82) is 0 Å². The molecule has 5 nitrogen and oxygen atoms in total. The molecule has 0 bridgehead atoms. The molecule has 1 saturated carbocycles. The first-order chi connectivity index (χ1) is 12.3. The second kappa shape index (κ2) is 7.03. The average molecular weight is 351 g/mol. The zero-order valence-electron chi connectivity index (χ0n) is 13.5. The molecule has 1 aromatic heterocycles. The monoisotopic (exact) mass is 351 g/mol. The maximum Gasteiger partial charge on any atom is 0.272 e. The van der Waals surface area contributed by atoms with Gasteiger partial charge < -0.3 is 4.74 Å². The molecule has 1 aliphatic rings. The van der Waals surface area contributed by atoms with Crippen LogP contribution in [-0.4, -0.2) is 16.1 Å². The van der Waals surface area contributed by atoms with Gasteiger partial charge in [-0.2, -0.15) is 0 Å². The van der Waals surface area contributed by atoms with Gasteiger partial charge in [-0.1, -0.05) is 59.9 Å². The van der Waals surface area contributed by atoms with E-state index in [1.165, 1.54) is 11.3 Å². The van der Waals surface area contributed by atoms with Crippen molar-refractivity contribution in [3.8, 4) is 5.75 Å². The largest absolute Gasteiger partial charge is 0.476 e. The second-order valence-electron chi connectivity index (χ2n) is 5.93. The Morgan fingerprint density at radius 3 is 2.40 bits per heavy atom. The van der Waals surface area contributed by atoms with Crippen molar-refractivity contribution in [3.63, 3.8) is 0 Å². The van der Waals surface area contributed by atoms with E-state index in [9.17, 15) is 4.79 Å². The molecule has 1 aliphatic carbocycles. The third-order valence-electron chi connectivity index (χ3n) is 3.93. The van der Waals surface area contributed by atoms with Gasteiger partial charge in [0.05, 0.1) is 0 Å². The van der Waals surface area contributed by atoms with Crippen molar-refractivity contribution >= 4 is 22.4 Å². The molecular weight excluding hydrogens is 334 g/mol. The minimum atomic E-state index is -0.753. The van der Waals surface area contributed by atoms with Crippen LogP contribution < -0.4 is 10.1 Å². The first-order valence-electron chi connectivity index (χ1n) is 8.20. The summed E-state index contributed by atoms with van der Waals surface area (Å²) in [6.07, 6.45) is 1.57. The maximum absolute atomic E-state index is 12.8. The molecule has 6 heteroatoms. The maximum atomic E-state index is 12.8. The van der Waals surface area contributed by atoms with Crippen molar-refractivity contribution in [2.45, 2.75) is 24.9 Å². The molecule has 0 radical (unpaired) electrons. The highest BCUT2D eigenvalue weighted by atomic mass is 32.1. The molecule has 1 N–H and O–H groups in total. The van der Waals surface area contributed by atoms with Gasteiger partial charge in [0.1, 0.15) is 10.8 Å². The van der Waals surface area contributed by atoms with Gasteiger partial charge in [0.25, 0.3) is 5.91 Å². The number of aromatic nitrogens is 2. The Bertz CT molecular complexity index is 847. The molecule has 1 amide bonds. The number of ether oxygens (including phenoxy) is 1. The molecule has 25 heavy (non-hydrogen) atoms. The highest BCUT2D eigenvalue weighted by Gasteiger charge is 2.29. The van der Waals surface area contributed by atoms with E-state index in [0.717, 1.165) is 23.4 Å². The fourth-order valence-electron chi connectivity index (χ4n) is 2.49. The van der Waals surface area contributed by atoms with Crippen LogP contribution in [0.25, 0.3) is 0 Å². The molecule has 126 valence electrons. The molecule has 1 atom stereocenters. The van der Waals surface area contributed by atoms with Crippen LogP contribution in [0.4, 0.5) is 5.13 Å². The number of carbonyl (C=O) groups excluding carboxylic acids is 1. The molecular formula is C19H17N3O2S. The zero-order chi connectivity index (χ0) is 17.1. The molecule has 0 aliphatic heterocycles. The Labute approximate surface area is 149 Å². The van der Waals surface area contributed by atoms with E-state index >= 15 is 0 Å². The Kier molecular flexibility index (Phi) is 4.43. The summed E-state index contributed by atoms with van der Waals surface area (Å²) in [4.78, 5) is 12.8. The van der Waals surface area contributed by atoms with Gasteiger partial charge in [0.2, 0.25) is 11.2 Å². The van der Waals surface area contributed by atoms with Gasteiger partial charge in [-0.3, -0.25) is 10.1 Å². The van der Waals surface area contributed by atoms with Crippen molar-refractivity contribution in [1.82, 2.24) is 10.2 Å². The normalized spacial score (nSPS) is 14.7. The molecule has 2 aromatic carbocycles. The number of nitrogens with zero attached hydrogens (tertiary/aromatic N) is 2. The number of amides is 1. The Balaban J connectivity index is 1.54. The van der Waals surface area contributed by atoms with E-state index in [1.807, 2.05) is 60.7 Å². The SMILES string of the molecule is O=C(Nc1nnc(C2CC2)s1)[C@@H](Oc1ccccc1)c1ccccc1. The van der Waals surface area contributed by atoms with Crippen LogP contribution in [0.3, 0.4) is 0 Å². The standard InChI is InChI=1S/C19H17N3O2S/c23-17(20-19-22-21-18(25-19)14-11-12-14)16(13-7-3-1-4-8-13)24-15-9-5-2-6-10-15/h1-10,14,16H,11-12H2,(H,20,22,23)/t16-/m0/s1. The van der Waals surface area contributed by atoms with Crippen molar-refractivity contribution < 1.29 is 9.53 Å². The van der Waals surface area contributed by atoms with E-state index in [2.05, 4.69) is 15.5 Å². The van der Waals surface area contributed by atoms with Gasteiger partial charge >= 0.3 is 0 Å². The fraction of sp³-hybridized carbons (Fsp3) is 0.211. The Hall–Kier alpha value is -2.73. The van der Waals surface area contributed by atoms with Gasteiger partial charge in [-0.25, -0.2) is 0 Å². The van der Waals surface area contributed by atoms with E-state index in [0.29, 0.717) is 16.8 Å². The van der Waals surface area contributed by atoms with Crippen LogP contribution in [0.15, 0.2) is 60.7 Å². The molecule has 1 heterocycles. The Morgan fingerprint density at radius 1 is 1.04 bits per heavy atom. The predicted molar refractivity (Wildman–Crippen MR) is 96.8 cm³/mol. The van der Waals surface area contributed by atoms with Crippen molar-refractivity contribution in [3.05, 3.63) is 71.2 Å². The third-order valence-corrected chi connectivity index (χ3v) is 4.94. The smallest absolute Gasteiger partial charge is 0.272 e. The summed E-state index contributed by atoms with van der Waals surface area (Å²) in [5, 5.41) is 12.6. The summed E-state index contributed by atoms with van der Waals surface area (Å²) in [7, 11) is 0. The van der Waals surface area contributed by atoms with Gasteiger partial charge in [-0.15, -0.1) is 10.2 Å². The number of hydrogen-bond acceptors (Lipinski definition) is 5. The summed E-state index contributed by atoms with van der Waals surface area (Å²) < 4.78 is 5.95. The highest BCUT2D eigenvalue weighted by Crippen LogP contribution is 2.42. The quantitative estimate of drug-likeness (QED) is 0.724. The minimum absolute atomic E-state index is 0.256. The number of anilines is 1. The lowest BCUT2D eigenvalue weighted by Crippen LogP contribution is -2.25. The van der Waals surface area contributed by atoms with E-state index < -0.39 is 6.10 Å². The third kappa shape index (κ3) is 3.85. The number of hydrogen-bond donors (Lipinski definition) is 1. The topological polar surface area (TPSA) is 64.1 Å². The zero-order valence-corrected chi connectivity index (χ0v) is 14.3. The fourth-order valence-corrected chi connectivity index (χ4v) is 3.40. The van der Waals surface area contributed by atoms with E-state index in [4.69, 9.17) is 4.74 Å². The molecule has 1 fully saturated rings. The summed E-state index contributed by atoms with van der Waals surface area (Å²) in [6.45, 7) is 0. The first-order valence-corrected chi connectivity index (χ1v) is 9.02.